The summed E-state index contributed by atoms with van der Waals surface area (Å²) in [6.07, 6.45) is 4.86. The Kier molecular flexibility index (Phi) is 6.04. The number of benzene rings is 1. The van der Waals surface area contributed by atoms with E-state index in [1.54, 1.807) is 7.11 Å². The summed E-state index contributed by atoms with van der Waals surface area (Å²) < 4.78 is 5.15. The molecule has 1 aromatic heterocycles. The molecule has 0 radical (unpaired) electrons. The fourth-order valence-corrected chi connectivity index (χ4v) is 3.15. The number of amides is 1. The molecule has 1 aliphatic rings. The van der Waals surface area contributed by atoms with Gasteiger partial charge in [-0.2, -0.15) is 0 Å². The monoisotopic (exact) mass is 354 g/mol. The van der Waals surface area contributed by atoms with Gasteiger partial charge in [0.05, 0.1) is 7.11 Å². The molecule has 138 valence electrons. The van der Waals surface area contributed by atoms with Crippen molar-refractivity contribution in [2.45, 2.75) is 39.2 Å². The van der Waals surface area contributed by atoms with Gasteiger partial charge in [0.25, 0.3) is 5.91 Å². The van der Waals surface area contributed by atoms with Crippen molar-refractivity contribution in [1.82, 2.24) is 15.3 Å². The van der Waals surface area contributed by atoms with E-state index in [2.05, 4.69) is 20.2 Å². The van der Waals surface area contributed by atoms with E-state index in [1.165, 1.54) is 25.7 Å². The van der Waals surface area contributed by atoms with Gasteiger partial charge in [-0.15, -0.1) is 0 Å². The number of carbonyl (C=O) groups excluding carboxylic acids is 1. The van der Waals surface area contributed by atoms with Gasteiger partial charge in [-0.1, -0.05) is 25.0 Å². The molecule has 6 nitrogen and oxygen atoms in total. The van der Waals surface area contributed by atoms with Gasteiger partial charge in [0.2, 0.25) is 0 Å². The van der Waals surface area contributed by atoms with Crippen LogP contribution in [0.4, 0.5) is 5.82 Å². The standard InChI is InChI=1S/C20H26N4O2/c1-15-22-18(13-19(23-15)24-11-5-3-4-6-12-24)20(25)21-14-16-7-9-17(26-2)10-8-16/h7-10,13H,3-6,11-12,14H2,1-2H3,(H,21,25). The largest absolute Gasteiger partial charge is 0.497 e. The lowest BCUT2D eigenvalue weighted by molar-refractivity contribution is 0.0945. The first-order valence-corrected chi connectivity index (χ1v) is 9.17. The highest BCUT2D eigenvalue weighted by Crippen LogP contribution is 2.18. The number of nitrogens with zero attached hydrogens (tertiary/aromatic N) is 3. The van der Waals surface area contributed by atoms with Gasteiger partial charge >= 0.3 is 0 Å². The maximum atomic E-state index is 12.6. The van der Waals surface area contributed by atoms with Crippen LogP contribution in [0.25, 0.3) is 0 Å². The maximum Gasteiger partial charge on any atom is 0.270 e. The normalized spacial score (nSPS) is 14.6. The van der Waals surface area contributed by atoms with Crippen LogP contribution >= 0.6 is 0 Å². The molecular weight excluding hydrogens is 328 g/mol. The number of nitrogens with one attached hydrogen (secondary N) is 1. The van der Waals surface area contributed by atoms with E-state index < -0.39 is 0 Å². The van der Waals surface area contributed by atoms with Gasteiger partial charge < -0.3 is 15.0 Å². The minimum absolute atomic E-state index is 0.178. The lowest BCUT2D eigenvalue weighted by Crippen LogP contribution is -2.28. The second kappa shape index (κ2) is 8.65. The Balaban J connectivity index is 1.67. The summed E-state index contributed by atoms with van der Waals surface area (Å²) in [5, 5.41) is 2.93. The Morgan fingerprint density at radius 2 is 1.81 bits per heavy atom. The highest BCUT2D eigenvalue weighted by atomic mass is 16.5. The van der Waals surface area contributed by atoms with Gasteiger partial charge in [0, 0.05) is 25.7 Å². The van der Waals surface area contributed by atoms with Crippen molar-refractivity contribution < 1.29 is 9.53 Å². The molecule has 0 unspecified atom stereocenters. The number of hydrogen-bond donors (Lipinski definition) is 1. The van der Waals surface area contributed by atoms with Crippen LogP contribution in [0, 0.1) is 6.92 Å². The van der Waals surface area contributed by atoms with E-state index in [9.17, 15) is 4.79 Å². The van der Waals surface area contributed by atoms with Gasteiger partial charge in [-0.3, -0.25) is 4.79 Å². The van der Waals surface area contributed by atoms with Crippen molar-refractivity contribution in [1.29, 1.82) is 0 Å². The van der Waals surface area contributed by atoms with Gasteiger partial charge in [0.1, 0.15) is 23.1 Å². The Bertz CT molecular complexity index is 738. The molecule has 2 heterocycles. The maximum absolute atomic E-state index is 12.6. The quantitative estimate of drug-likeness (QED) is 0.894. The smallest absolute Gasteiger partial charge is 0.270 e. The molecule has 1 aromatic carbocycles. The van der Waals surface area contributed by atoms with Gasteiger partial charge in [-0.05, 0) is 37.5 Å². The molecule has 2 aromatic rings. The molecule has 1 amide bonds. The van der Waals surface area contributed by atoms with E-state index in [4.69, 9.17) is 4.74 Å². The lowest BCUT2D eigenvalue weighted by atomic mass is 10.2. The molecule has 0 saturated carbocycles. The van der Waals surface area contributed by atoms with Crippen LogP contribution in [-0.4, -0.2) is 36.1 Å². The number of carbonyl (C=O) groups is 1. The van der Waals surface area contributed by atoms with E-state index in [1.807, 2.05) is 37.3 Å². The summed E-state index contributed by atoms with van der Waals surface area (Å²) in [4.78, 5) is 23.7. The van der Waals surface area contributed by atoms with E-state index in [0.29, 0.717) is 18.1 Å². The van der Waals surface area contributed by atoms with Gasteiger partial charge in [-0.25, -0.2) is 9.97 Å². The fourth-order valence-electron chi connectivity index (χ4n) is 3.15. The topological polar surface area (TPSA) is 67.3 Å². The van der Waals surface area contributed by atoms with E-state index >= 15 is 0 Å². The third-order valence-corrected chi connectivity index (χ3v) is 4.60. The zero-order valence-corrected chi connectivity index (χ0v) is 15.5. The summed E-state index contributed by atoms with van der Waals surface area (Å²) in [7, 11) is 1.64. The summed E-state index contributed by atoms with van der Waals surface area (Å²) in [6.45, 7) is 4.26. The fraction of sp³-hybridized carbons (Fsp3) is 0.450. The van der Waals surface area contributed by atoms with Crippen molar-refractivity contribution in [2.24, 2.45) is 0 Å². The molecule has 0 atom stereocenters. The van der Waals surface area contributed by atoms with Crippen molar-refractivity contribution in [2.75, 3.05) is 25.1 Å². The van der Waals surface area contributed by atoms with Gasteiger partial charge in [0.15, 0.2) is 0 Å². The van der Waals surface area contributed by atoms with Crippen molar-refractivity contribution in [3.63, 3.8) is 0 Å². The minimum atomic E-state index is -0.178. The highest BCUT2D eigenvalue weighted by molar-refractivity contribution is 5.92. The SMILES string of the molecule is COc1ccc(CNC(=O)c2cc(N3CCCCCC3)nc(C)n2)cc1. The van der Waals surface area contributed by atoms with Crippen molar-refractivity contribution >= 4 is 11.7 Å². The molecule has 1 N–H and O–H groups in total. The summed E-state index contributed by atoms with van der Waals surface area (Å²) in [6, 6.07) is 9.45. The number of aryl methyl sites for hydroxylation is 1. The van der Waals surface area contributed by atoms with Crippen LogP contribution in [0.5, 0.6) is 5.75 Å². The molecule has 1 fully saturated rings. The Morgan fingerprint density at radius 1 is 1.12 bits per heavy atom. The zero-order valence-electron chi connectivity index (χ0n) is 15.5. The number of ether oxygens (including phenoxy) is 1. The molecule has 0 spiro atoms. The number of anilines is 1. The second-order valence-electron chi connectivity index (χ2n) is 6.59. The Morgan fingerprint density at radius 3 is 2.46 bits per heavy atom. The van der Waals surface area contributed by atoms with Crippen molar-refractivity contribution in [3.05, 3.63) is 47.4 Å². The first-order valence-electron chi connectivity index (χ1n) is 9.17. The number of hydrogen-bond acceptors (Lipinski definition) is 5. The van der Waals surface area contributed by atoms with Crippen LogP contribution < -0.4 is 15.0 Å². The van der Waals surface area contributed by atoms with E-state index in [0.717, 1.165) is 30.2 Å². The molecule has 0 aliphatic carbocycles. The first-order chi connectivity index (χ1) is 12.7. The summed E-state index contributed by atoms with van der Waals surface area (Å²) in [5.74, 6) is 2.10. The first kappa shape index (κ1) is 18.2. The number of rotatable bonds is 5. The third-order valence-electron chi connectivity index (χ3n) is 4.60. The van der Waals surface area contributed by atoms with Crippen LogP contribution in [0.1, 0.15) is 47.6 Å². The zero-order chi connectivity index (χ0) is 18.4. The molecule has 0 bridgehead atoms. The third kappa shape index (κ3) is 4.71. The molecular formula is C20H26N4O2. The van der Waals surface area contributed by atoms with Crippen molar-refractivity contribution in [3.8, 4) is 5.75 Å². The highest BCUT2D eigenvalue weighted by Gasteiger charge is 2.16. The molecule has 1 saturated heterocycles. The lowest BCUT2D eigenvalue weighted by Gasteiger charge is -2.22. The Labute approximate surface area is 154 Å². The molecule has 3 rings (SSSR count). The minimum Gasteiger partial charge on any atom is -0.497 e. The average Bonchev–Trinajstić information content (AvgIpc) is 2.95. The van der Waals surface area contributed by atoms with E-state index in [-0.39, 0.29) is 5.91 Å². The number of methoxy groups -OCH3 is 1. The van der Waals surface area contributed by atoms with Crippen LogP contribution in [0.3, 0.4) is 0 Å². The second-order valence-corrected chi connectivity index (χ2v) is 6.59. The summed E-state index contributed by atoms with van der Waals surface area (Å²) >= 11 is 0. The van der Waals surface area contributed by atoms with Crippen LogP contribution in [-0.2, 0) is 6.54 Å². The average molecular weight is 354 g/mol. The molecule has 26 heavy (non-hydrogen) atoms. The molecule has 1 aliphatic heterocycles. The predicted octanol–water partition coefficient (Wildman–Crippen LogP) is 3.10. The van der Waals surface area contributed by atoms with Crippen LogP contribution in [0.2, 0.25) is 0 Å². The predicted molar refractivity (Wildman–Crippen MR) is 102 cm³/mol. The Hall–Kier alpha value is -2.63. The van der Waals surface area contributed by atoms with Crippen LogP contribution in [0.15, 0.2) is 30.3 Å². The number of aromatic nitrogens is 2. The molecule has 6 heteroatoms. The summed E-state index contributed by atoms with van der Waals surface area (Å²) in [5.41, 5.74) is 1.43.